The van der Waals surface area contributed by atoms with Gasteiger partial charge in [-0.3, -0.25) is 4.79 Å². The number of nitriles is 1. The lowest BCUT2D eigenvalue weighted by molar-refractivity contribution is -0.131. The lowest BCUT2D eigenvalue weighted by Gasteiger charge is -2.38. The van der Waals surface area contributed by atoms with Crippen molar-refractivity contribution >= 4 is 28.6 Å². The molecule has 28 heavy (non-hydrogen) atoms. The first-order valence-corrected chi connectivity index (χ1v) is 9.08. The second kappa shape index (κ2) is 8.71. The first-order chi connectivity index (χ1) is 13.5. The molecule has 0 spiro atoms. The minimum atomic E-state index is -0.541. The van der Waals surface area contributed by atoms with E-state index in [2.05, 4.69) is 22.2 Å². The van der Waals surface area contributed by atoms with Crippen LogP contribution in [0, 0.1) is 17.2 Å². The number of aromatic amines is 1. The summed E-state index contributed by atoms with van der Waals surface area (Å²) in [6.07, 6.45) is 3.89. The van der Waals surface area contributed by atoms with Crippen molar-refractivity contribution in [2.24, 2.45) is 5.92 Å². The number of fused-ring (bicyclic) bond motifs is 1. The molecular weight excluding hydrogens is 362 g/mol. The van der Waals surface area contributed by atoms with Crippen LogP contribution in [-0.4, -0.2) is 59.8 Å². The van der Waals surface area contributed by atoms with E-state index >= 15 is 0 Å². The topological polar surface area (TPSA) is 120 Å². The van der Waals surface area contributed by atoms with Gasteiger partial charge in [-0.15, -0.1) is 0 Å². The molecule has 1 amide bonds. The molecule has 1 aliphatic rings. The highest BCUT2D eigenvalue weighted by Crippen LogP contribution is 2.30. The Morgan fingerprint density at radius 2 is 2.32 bits per heavy atom. The molecule has 2 N–H and O–H groups in total. The van der Waals surface area contributed by atoms with Crippen molar-refractivity contribution in [3.05, 3.63) is 24.0 Å². The van der Waals surface area contributed by atoms with E-state index in [0.717, 1.165) is 11.8 Å². The molecule has 0 saturated carbocycles. The van der Waals surface area contributed by atoms with Crippen LogP contribution < -0.4 is 5.32 Å². The SMILES string of the molecule is COCOC(=O)c1cnc2[nH]ccc2c1N[C@H]1CN(C(=O)CC#N)CC[C@H]1C. The number of aromatic nitrogens is 2. The molecule has 0 bridgehead atoms. The van der Waals surface area contributed by atoms with Crippen LogP contribution >= 0.6 is 0 Å². The van der Waals surface area contributed by atoms with Gasteiger partial charge in [0, 0.05) is 44.0 Å². The maximum Gasteiger partial charge on any atom is 0.343 e. The molecule has 9 heteroatoms. The molecule has 3 heterocycles. The van der Waals surface area contributed by atoms with Gasteiger partial charge in [0.05, 0.1) is 11.8 Å². The summed E-state index contributed by atoms with van der Waals surface area (Å²) in [5.41, 5.74) is 1.56. The fraction of sp³-hybridized carbons (Fsp3) is 0.474. The van der Waals surface area contributed by atoms with E-state index in [4.69, 9.17) is 14.7 Å². The number of carbonyl (C=O) groups is 2. The number of nitrogens with zero attached hydrogens (tertiary/aromatic N) is 3. The zero-order valence-electron chi connectivity index (χ0n) is 15.9. The van der Waals surface area contributed by atoms with Gasteiger partial charge in [-0.1, -0.05) is 6.92 Å². The van der Waals surface area contributed by atoms with Crippen molar-refractivity contribution in [2.75, 3.05) is 32.3 Å². The Bertz CT molecular complexity index is 903. The second-order valence-corrected chi connectivity index (χ2v) is 6.82. The Kier molecular flexibility index (Phi) is 6.11. The summed E-state index contributed by atoms with van der Waals surface area (Å²) in [5, 5.41) is 13.0. The van der Waals surface area contributed by atoms with Crippen LogP contribution in [0.4, 0.5) is 5.69 Å². The Balaban J connectivity index is 1.89. The summed E-state index contributed by atoms with van der Waals surface area (Å²) in [6, 6.07) is 3.67. The average molecular weight is 385 g/mol. The minimum absolute atomic E-state index is 0.0779. The molecule has 9 nitrogen and oxygen atoms in total. The largest absolute Gasteiger partial charge is 0.435 e. The molecule has 2 aromatic rings. The maximum absolute atomic E-state index is 12.5. The van der Waals surface area contributed by atoms with Crippen molar-refractivity contribution in [1.29, 1.82) is 5.26 Å². The van der Waals surface area contributed by atoms with Crippen molar-refractivity contribution < 1.29 is 19.1 Å². The Labute approximate surface area is 162 Å². The van der Waals surface area contributed by atoms with Gasteiger partial charge in [0.15, 0.2) is 6.79 Å². The van der Waals surface area contributed by atoms with Crippen LogP contribution in [0.25, 0.3) is 11.0 Å². The number of likely N-dealkylation sites (tertiary alicyclic amines) is 1. The third-order valence-corrected chi connectivity index (χ3v) is 4.99. The molecule has 1 fully saturated rings. The Morgan fingerprint density at radius 3 is 3.07 bits per heavy atom. The standard InChI is InChI=1S/C19H23N5O4/c1-12-5-8-24(16(25)3-6-20)10-15(12)23-17-13-4-7-21-18(13)22-9-14(17)19(26)28-11-27-2/h4,7,9,12,15H,3,5,8,10-11H2,1-2H3,(H2,21,22,23)/t12-,15+/m1/s1. The lowest BCUT2D eigenvalue weighted by Crippen LogP contribution is -2.49. The average Bonchev–Trinajstić information content (AvgIpc) is 3.17. The van der Waals surface area contributed by atoms with E-state index in [1.165, 1.54) is 13.3 Å². The summed E-state index contributed by atoms with van der Waals surface area (Å²) in [4.78, 5) is 33.6. The van der Waals surface area contributed by atoms with Crippen molar-refractivity contribution in [2.45, 2.75) is 25.8 Å². The number of ether oxygens (including phenoxy) is 2. The van der Waals surface area contributed by atoms with Crippen molar-refractivity contribution in [1.82, 2.24) is 14.9 Å². The van der Waals surface area contributed by atoms with Crippen LogP contribution in [0.3, 0.4) is 0 Å². The van der Waals surface area contributed by atoms with E-state index in [0.29, 0.717) is 30.0 Å². The van der Waals surface area contributed by atoms with Crippen LogP contribution in [-0.2, 0) is 14.3 Å². The number of anilines is 1. The number of pyridine rings is 1. The van der Waals surface area contributed by atoms with Crippen LogP contribution in [0.5, 0.6) is 0 Å². The molecule has 3 rings (SSSR count). The highest BCUT2D eigenvalue weighted by Gasteiger charge is 2.30. The second-order valence-electron chi connectivity index (χ2n) is 6.82. The highest BCUT2D eigenvalue weighted by molar-refractivity contribution is 6.04. The molecular formula is C19H23N5O4. The molecule has 1 aliphatic heterocycles. The van der Waals surface area contributed by atoms with E-state index in [-0.39, 0.29) is 31.1 Å². The van der Waals surface area contributed by atoms with E-state index in [1.54, 1.807) is 11.1 Å². The predicted octanol–water partition coefficient (Wildman–Crippen LogP) is 1.89. The van der Waals surface area contributed by atoms with Gasteiger partial charge in [-0.25, -0.2) is 9.78 Å². The summed E-state index contributed by atoms with van der Waals surface area (Å²) >= 11 is 0. The first kappa shape index (κ1) is 19.6. The number of carbonyl (C=O) groups excluding carboxylic acids is 2. The van der Waals surface area contributed by atoms with Crippen LogP contribution in [0.2, 0.25) is 0 Å². The molecule has 148 valence electrons. The maximum atomic E-state index is 12.5. The Hall–Kier alpha value is -3.12. The van der Waals surface area contributed by atoms with Gasteiger partial charge in [0.1, 0.15) is 17.6 Å². The quantitative estimate of drug-likeness (QED) is 0.575. The summed E-state index contributed by atoms with van der Waals surface area (Å²) in [6.45, 7) is 3.03. The summed E-state index contributed by atoms with van der Waals surface area (Å²) < 4.78 is 9.91. The van der Waals surface area contributed by atoms with Crippen molar-refractivity contribution in [3.63, 3.8) is 0 Å². The fourth-order valence-electron chi connectivity index (χ4n) is 3.36. The Morgan fingerprint density at radius 1 is 1.50 bits per heavy atom. The zero-order valence-corrected chi connectivity index (χ0v) is 15.9. The minimum Gasteiger partial charge on any atom is -0.435 e. The summed E-state index contributed by atoms with van der Waals surface area (Å²) in [7, 11) is 1.44. The fourth-order valence-corrected chi connectivity index (χ4v) is 3.36. The summed E-state index contributed by atoms with van der Waals surface area (Å²) in [5.74, 6) is -0.445. The third-order valence-electron chi connectivity index (χ3n) is 4.99. The van der Waals surface area contributed by atoms with Gasteiger partial charge in [0.25, 0.3) is 0 Å². The van der Waals surface area contributed by atoms with Gasteiger partial charge < -0.3 is 24.7 Å². The number of rotatable bonds is 6. The van der Waals surface area contributed by atoms with Gasteiger partial charge >= 0.3 is 5.97 Å². The number of piperidine rings is 1. The first-order valence-electron chi connectivity index (χ1n) is 9.08. The van der Waals surface area contributed by atoms with E-state index in [9.17, 15) is 9.59 Å². The molecule has 2 atom stereocenters. The van der Waals surface area contributed by atoms with Gasteiger partial charge in [-0.2, -0.15) is 5.26 Å². The van der Waals surface area contributed by atoms with Crippen LogP contribution in [0.15, 0.2) is 18.5 Å². The number of methoxy groups -OCH3 is 1. The van der Waals surface area contributed by atoms with Crippen molar-refractivity contribution in [3.8, 4) is 6.07 Å². The van der Waals surface area contributed by atoms with E-state index < -0.39 is 5.97 Å². The molecule has 0 radical (unpaired) electrons. The predicted molar refractivity (Wildman–Crippen MR) is 101 cm³/mol. The molecule has 2 aromatic heterocycles. The molecule has 1 saturated heterocycles. The van der Waals surface area contributed by atoms with Crippen LogP contribution in [0.1, 0.15) is 30.1 Å². The number of amides is 1. The van der Waals surface area contributed by atoms with E-state index in [1.807, 2.05) is 12.1 Å². The lowest BCUT2D eigenvalue weighted by atomic mass is 9.92. The zero-order chi connectivity index (χ0) is 20.1. The number of esters is 1. The van der Waals surface area contributed by atoms with Gasteiger partial charge in [0.2, 0.25) is 5.91 Å². The third kappa shape index (κ3) is 4.07. The number of nitrogens with one attached hydrogen (secondary N) is 2. The van der Waals surface area contributed by atoms with Gasteiger partial charge in [-0.05, 0) is 18.4 Å². The normalized spacial score (nSPS) is 19.2. The monoisotopic (exact) mass is 385 g/mol. The highest BCUT2D eigenvalue weighted by atomic mass is 16.7. The smallest absolute Gasteiger partial charge is 0.343 e. The molecule has 0 aliphatic carbocycles. The number of hydrogen-bond acceptors (Lipinski definition) is 7. The number of H-pyrrole nitrogens is 1. The number of hydrogen-bond donors (Lipinski definition) is 2. The molecule has 0 aromatic carbocycles. The molecule has 0 unspecified atom stereocenters.